The predicted molar refractivity (Wildman–Crippen MR) is 61.0 cm³/mol. The van der Waals surface area contributed by atoms with E-state index in [4.69, 9.17) is 15.2 Å². The lowest BCUT2D eigenvalue weighted by molar-refractivity contribution is -0.127. The summed E-state index contributed by atoms with van der Waals surface area (Å²) in [5, 5.41) is 2.88. The van der Waals surface area contributed by atoms with Crippen molar-refractivity contribution in [2.45, 2.75) is 25.9 Å². The van der Waals surface area contributed by atoms with Gasteiger partial charge in [-0.2, -0.15) is 0 Å². The smallest absolute Gasteiger partial charge is 0.222 e. The van der Waals surface area contributed by atoms with Gasteiger partial charge in [0.1, 0.15) is 0 Å². The van der Waals surface area contributed by atoms with Crippen LogP contribution >= 0.6 is 0 Å². The Bertz CT molecular complexity index is 205. The van der Waals surface area contributed by atoms with Gasteiger partial charge in [0.15, 0.2) is 0 Å². The molecule has 1 saturated heterocycles. The van der Waals surface area contributed by atoms with Crippen molar-refractivity contribution < 1.29 is 14.3 Å². The van der Waals surface area contributed by atoms with Gasteiger partial charge in [-0.3, -0.25) is 4.79 Å². The normalized spacial score (nSPS) is 22.8. The molecule has 0 aromatic carbocycles. The highest BCUT2D eigenvalue weighted by Crippen LogP contribution is 2.05. The first kappa shape index (κ1) is 13.4. The summed E-state index contributed by atoms with van der Waals surface area (Å²) in [5.41, 5.74) is 5.40. The van der Waals surface area contributed by atoms with Crippen molar-refractivity contribution in [3.8, 4) is 0 Å². The zero-order chi connectivity index (χ0) is 11.8. The van der Waals surface area contributed by atoms with E-state index in [1.54, 1.807) is 0 Å². The monoisotopic (exact) mass is 230 g/mol. The topological polar surface area (TPSA) is 73.6 Å². The Morgan fingerprint density at radius 2 is 2.38 bits per heavy atom. The molecule has 3 N–H and O–H groups in total. The number of hydrogen-bond donors (Lipinski definition) is 2. The summed E-state index contributed by atoms with van der Waals surface area (Å²) in [4.78, 5) is 11.6. The number of nitrogens with one attached hydrogen (secondary N) is 1. The van der Waals surface area contributed by atoms with Crippen molar-refractivity contribution in [3.05, 3.63) is 0 Å². The molecule has 1 amide bonds. The Morgan fingerprint density at radius 3 is 3.00 bits per heavy atom. The summed E-state index contributed by atoms with van der Waals surface area (Å²) in [6.07, 6.45) is 1.72. The van der Waals surface area contributed by atoms with E-state index in [0.717, 1.165) is 12.8 Å². The van der Waals surface area contributed by atoms with Crippen molar-refractivity contribution >= 4 is 5.91 Å². The molecule has 2 atom stereocenters. The standard InChI is InChI=1S/C11H22N2O3/c1-9(3-2-4-12)11(14)13-7-10-8-15-5-6-16-10/h9-10H,2-8,12H2,1H3,(H,13,14). The minimum atomic E-state index is -0.000548. The summed E-state index contributed by atoms with van der Waals surface area (Å²) >= 11 is 0. The Balaban J connectivity index is 2.12. The van der Waals surface area contributed by atoms with Crippen molar-refractivity contribution in [1.82, 2.24) is 5.32 Å². The fourth-order valence-electron chi connectivity index (χ4n) is 1.60. The van der Waals surface area contributed by atoms with Gasteiger partial charge in [-0.15, -0.1) is 0 Å². The lowest BCUT2D eigenvalue weighted by Gasteiger charge is -2.23. The van der Waals surface area contributed by atoms with E-state index in [9.17, 15) is 4.79 Å². The largest absolute Gasteiger partial charge is 0.376 e. The second-order valence-electron chi connectivity index (χ2n) is 4.14. The SMILES string of the molecule is CC(CCCN)C(=O)NCC1COCCO1. The van der Waals surface area contributed by atoms with Gasteiger partial charge in [0, 0.05) is 12.5 Å². The number of nitrogens with two attached hydrogens (primary N) is 1. The molecule has 0 spiro atoms. The molecule has 0 aliphatic carbocycles. The van der Waals surface area contributed by atoms with Crippen LogP contribution < -0.4 is 11.1 Å². The average Bonchev–Trinajstić information content (AvgIpc) is 2.34. The van der Waals surface area contributed by atoms with Gasteiger partial charge in [-0.25, -0.2) is 0 Å². The molecule has 1 rings (SSSR count). The van der Waals surface area contributed by atoms with Crippen molar-refractivity contribution in [2.75, 3.05) is 32.9 Å². The first-order valence-corrected chi connectivity index (χ1v) is 5.91. The maximum absolute atomic E-state index is 11.6. The molecular formula is C11H22N2O3. The van der Waals surface area contributed by atoms with Gasteiger partial charge in [-0.05, 0) is 19.4 Å². The Labute approximate surface area is 96.7 Å². The molecule has 1 fully saturated rings. The molecule has 94 valence electrons. The molecule has 1 aliphatic rings. The van der Waals surface area contributed by atoms with Crippen LogP contribution in [0.15, 0.2) is 0 Å². The number of carbonyl (C=O) groups is 1. The average molecular weight is 230 g/mol. The van der Waals surface area contributed by atoms with E-state index in [1.165, 1.54) is 0 Å². The predicted octanol–water partition coefficient (Wildman–Crippen LogP) is -0.107. The quantitative estimate of drug-likeness (QED) is 0.668. The molecule has 0 aromatic rings. The Kier molecular flexibility index (Phi) is 6.37. The highest BCUT2D eigenvalue weighted by Gasteiger charge is 2.17. The molecular weight excluding hydrogens is 208 g/mol. The molecule has 5 nitrogen and oxygen atoms in total. The zero-order valence-corrected chi connectivity index (χ0v) is 9.91. The zero-order valence-electron chi connectivity index (χ0n) is 9.91. The highest BCUT2D eigenvalue weighted by molar-refractivity contribution is 5.78. The third-order valence-corrected chi connectivity index (χ3v) is 2.68. The Hall–Kier alpha value is -0.650. The summed E-state index contributed by atoms with van der Waals surface area (Å²) in [6, 6.07) is 0. The lowest BCUT2D eigenvalue weighted by Crippen LogP contribution is -2.41. The summed E-state index contributed by atoms with van der Waals surface area (Å²) < 4.78 is 10.7. The number of amides is 1. The highest BCUT2D eigenvalue weighted by atomic mass is 16.6. The molecule has 1 heterocycles. The van der Waals surface area contributed by atoms with Crippen LogP contribution in [0.25, 0.3) is 0 Å². The number of hydrogen-bond acceptors (Lipinski definition) is 4. The lowest BCUT2D eigenvalue weighted by atomic mass is 10.0. The maximum atomic E-state index is 11.6. The molecule has 0 radical (unpaired) electrons. The van der Waals surface area contributed by atoms with Gasteiger partial charge in [0.05, 0.1) is 25.9 Å². The first-order chi connectivity index (χ1) is 7.74. The first-order valence-electron chi connectivity index (χ1n) is 5.91. The van der Waals surface area contributed by atoms with Crippen molar-refractivity contribution in [1.29, 1.82) is 0 Å². The van der Waals surface area contributed by atoms with Gasteiger partial charge in [0.2, 0.25) is 5.91 Å². The van der Waals surface area contributed by atoms with Gasteiger partial charge < -0.3 is 20.5 Å². The van der Waals surface area contributed by atoms with Crippen LogP contribution in [0.1, 0.15) is 19.8 Å². The third kappa shape index (κ3) is 4.92. The number of rotatable bonds is 6. The van der Waals surface area contributed by atoms with E-state index in [-0.39, 0.29) is 17.9 Å². The van der Waals surface area contributed by atoms with E-state index >= 15 is 0 Å². The minimum Gasteiger partial charge on any atom is -0.376 e. The molecule has 0 aromatic heterocycles. The summed E-state index contributed by atoms with van der Waals surface area (Å²) in [6.45, 7) is 4.92. The third-order valence-electron chi connectivity index (χ3n) is 2.68. The van der Waals surface area contributed by atoms with Crippen LogP contribution in [0, 0.1) is 5.92 Å². The maximum Gasteiger partial charge on any atom is 0.222 e. The van der Waals surface area contributed by atoms with Gasteiger partial charge >= 0.3 is 0 Å². The Morgan fingerprint density at radius 1 is 1.56 bits per heavy atom. The summed E-state index contributed by atoms with van der Waals surface area (Å²) in [7, 11) is 0. The second kappa shape index (κ2) is 7.60. The number of carbonyl (C=O) groups excluding carboxylic acids is 1. The van der Waals surface area contributed by atoms with Crippen LogP contribution in [0.3, 0.4) is 0 Å². The van der Waals surface area contributed by atoms with Gasteiger partial charge in [0.25, 0.3) is 0 Å². The van der Waals surface area contributed by atoms with Gasteiger partial charge in [-0.1, -0.05) is 6.92 Å². The van der Waals surface area contributed by atoms with Crippen LogP contribution in [0.4, 0.5) is 0 Å². The molecule has 0 saturated carbocycles. The fourth-order valence-corrected chi connectivity index (χ4v) is 1.60. The molecule has 5 heteroatoms. The molecule has 2 unspecified atom stereocenters. The molecule has 1 aliphatic heterocycles. The second-order valence-corrected chi connectivity index (χ2v) is 4.14. The van der Waals surface area contributed by atoms with Crippen LogP contribution in [0.2, 0.25) is 0 Å². The fraction of sp³-hybridized carbons (Fsp3) is 0.909. The molecule has 0 bridgehead atoms. The summed E-state index contributed by atoms with van der Waals surface area (Å²) in [5.74, 6) is 0.0932. The van der Waals surface area contributed by atoms with E-state index < -0.39 is 0 Å². The van der Waals surface area contributed by atoms with E-state index in [1.807, 2.05) is 6.92 Å². The minimum absolute atomic E-state index is 0.000548. The van der Waals surface area contributed by atoms with Crippen LogP contribution in [-0.2, 0) is 14.3 Å². The number of ether oxygens (including phenoxy) is 2. The van der Waals surface area contributed by atoms with Crippen LogP contribution in [0.5, 0.6) is 0 Å². The van der Waals surface area contributed by atoms with Crippen LogP contribution in [-0.4, -0.2) is 44.9 Å². The van der Waals surface area contributed by atoms with Crippen molar-refractivity contribution in [3.63, 3.8) is 0 Å². The molecule has 16 heavy (non-hydrogen) atoms. The van der Waals surface area contributed by atoms with E-state index in [0.29, 0.717) is 32.9 Å². The van der Waals surface area contributed by atoms with E-state index in [2.05, 4.69) is 5.32 Å². The van der Waals surface area contributed by atoms with Crippen molar-refractivity contribution in [2.24, 2.45) is 11.7 Å².